The molecule has 3 atom stereocenters. The molecule has 0 radical (unpaired) electrons. The second kappa shape index (κ2) is 10.5. The van der Waals surface area contributed by atoms with Crippen molar-refractivity contribution in [2.75, 3.05) is 11.4 Å². The summed E-state index contributed by atoms with van der Waals surface area (Å²) in [5, 5.41) is 12.4. The van der Waals surface area contributed by atoms with Crippen molar-refractivity contribution in [1.82, 2.24) is 5.32 Å². The van der Waals surface area contributed by atoms with Crippen molar-refractivity contribution < 1.29 is 24.2 Å². The Kier molecular flexibility index (Phi) is 8.00. The Balaban J connectivity index is 2.08. The molecule has 2 aromatic carbocycles. The van der Waals surface area contributed by atoms with Crippen LogP contribution in [0.3, 0.4) is 0 Å². The minimum absolute atomic E-state index is 0.135. The highest BCUT2D eigenvalue weighted by Gasteiger charge is 2.38. The standard InChI is InChI=1S/C24H26Cl2N2O5/c1-13(2)12-28-19-9-8-15(25)10-17(19)22(16-6-4-5-7-18(16)26)33-20(23(28)30)11-21(29)27-14(3)24(31)32/h4-10,13-14,20,22H,11-12H2,1-3H3,(H,27,29)(H,31,32)/t14-,20+,22+/m0/s1. The molecule has 1 aliphatic rings. The van der Waals surface area contributed by atoms with Gasteiger partial charge in [-0.25, -0.2) is 0 Å². The topological polar surface area (TPSA) is 95.9 Å². The van der Waals surface area contributed by atoms with Crippen LogP contribution in [0.25, 0.3) is 0 Å². The van der Waals surface area contributed by atoms with Crippen LogP contribution in [0.4, 0.5) is 5.69 Å². The lowest BCUT2D eigenvalue weighted by atomic mass is 9.99. The molecule has 176 valence electrons. The predicted octanol–water partition coefficient (Wildman–Crippen LogP) is 4.45. The highest BCUT2D eigenvalue weighted by atomic mass is 35.5. The van der Waals surface area contributed by atoms with Crippen LogP contribution in [0.2, 0.25) is 10.0 Å². The van der Waals surface area contributed by atoms with E-state index in [1.54, 1.807) is 41.3 Å². The zero-order chi connectivity index (χ0) is 24.3. The number of nitrogens with zero attached hydrogens (tertiary/aromatic N) is 1. The third-order valence-electron chi connectivity index (χ3n) is 5.26. The van der Waals surface area contributed by atoms with E-state index < -0.39 is 30.1 Å². The minimum Gasteiger partial charge on any atom is -0.480 e. The molecule has 2 N–H and O–H groups in total. The molecule has 0 unspecified atom stereocenters. The van der Waals surface area contributed by atoms with Crippen LogP contribution in [0.5, 0.6) is 0 Å². The van der Waals surface area contributed by atoms with Gasteiger partial charge in [-0.3, -0.25) is 14.4 Å². The molecular formula is C24H26Cl2N2O5. The molecule has 0 saturated carbocycles. The van der Waals surface area contributed by atoms with Gasteiger partial charge in [0.1, 0.15) is 18.2 Å². The Morgan fingerprint density at radius 2 is 1.82 bits per heavy atom. The number of carbonyl (C=O) groups is 3. The molecule has 0 bridgehead atoms. The first-order valence-electron chi connectivity index (χ1n) is 10.6. The van der Waals surface area contributed by atoms with Gasteiger partial charge in [0.25, 0.3) is 5.91 Å². The fourth-order valence-corrected chi connectivity index (χ4v) is 4.13. The number of fused-ring (bicyclic) bond motifs is 1. The number of anilines is 1. The van der Waals surface area contributed by atoms with Crippen molar-refractivity contribution in [3.05, 3.63) is 63.6 Å². The zero-order valence-electron chi connectivity index (χ0n) is 18.5. The van der Waals surface area contributed by atoms with Gasteiger partial charge in [0.15, 0.2) is 0 Å². The average molecular weight is 493 g/mol. The van der Waals surface area contributed by atoms with E-state index in [0.29, 0.717) is 33.4 Å². The van der Waals surface area contributed by atoms with Crippen LogP contribution < -0.4 is 10.2 Å². The number of ether oxygens (including phenoxy) is 1. The largest absolute Gasteiger partial charge is 0.480 e. The van der Waals surface area contributed by atoms with Gasteiger partial charge in [0.2, 0.25) is 5.91 Å². The average Bonchev–Trinajstić information content (AvgIpc) is 2.84. The van der Waals surface area contributed by atoms with Gasteiger partial charge in [-0.1, -0.05) is 55.2 Å². The monoisotopic (exact) mass is 492 g/mol. The number of rotatable bonds is 7. The number of aliphatic carboxylic acids is 1. The lowest BCUT2D eigenvalue weighted by molar-refractivity contribution is -0.143. The van der Waals surface area contributed by atoms with Crippen molar-refractivity contribution in [2.24, 2.45) is 5.92 Å². The summed E-state index contributed by atoms with van der Waals surface area (Å²) in [6.07, 6.45) is -2.26. The van der Waals surface area contributed by atoms with Crippen molar-refractivity contribution in [2.45, 2.75) is 45.4 Å². The van der Waals surface area contributed by atoms with Gasteiger partial charge >= 0.3 is 5.97 Å². The van der Waals surface area contributed by atoms with Gasteiger partial charge in [0.05, 0.1) is 6.42 Å². The molecule has 2 amide bonds. The molecule has 1 heterocycles. The predicted molar refractivity (Wildman–Crippen MR) is 127 cm³/mol. The highest BCUT2D eigenvalue weighted by molar-refractivity contribution is 6.31. The lowest BCUT2D eigenvalue weighted by Gasteiger charge is -2.26. The summed E-state index contributed by atoms with van der Waals surface area (Å²) in [5.74, 6) is -2.03. The SMILES string of the molecule is CC(C)CN1C(=O)[C@@H](CC(=O)N[C@@H](C)C(=O)O)O[C@H](c2ccccc2Cl)c2cc(Cl)ccc21. The molecule has 7 nitrogen and oxygen atoms in total. The summed E-state index contributed by atoms with van der Waals surface area (Å²) in [5.41, 5.74) is 1.92. The number of carboxylic acids is 1. The second-order valence-electron chi connectivity index (χ2n) is 8.40. The number of benzene rings is 2. The van der Waals surface area contributed by atoms with Crippen molar-refractivity contribution in [3.8, 4) is 0 Å². The number of hydrogen-bond acceptors (Lipinski definition) is 4. The van der Waals surface area contributed by atoms with E-state index in [-0.39, 0.29) is 18.2 Å². The summed E-state index contributed by atoms with van der Waals surface area (Å²) in [7, 11) is 0. The van der Waals surface area contributed by atoms with Gasteiger partial charge < -0.3 is 20.1 Å². The maximum atomic E-state index is 13.6. The summed E-state index contributed by atoms with van der Waals surface area (Å²) >= 11 is 12.8. The van der Waals surface area contributed by atoms with Crippen LogP contribution in [0.15, 0.2) is 42.5 Å². The van der Waals surface area contributed by atoms with E-state index in [2.05, 4.69) is 5.32 Å². The minimum atomic E-state index is -1.17. The first-order chi connectivity index (χ1) is 15.6. The Labute approximate surface area is 202 Å². The first-order valence-corrected chi connectivity index (χ1v) is 11.4. The Bertz CT molecular complexity index is 1060. The Hall–Kier alpha value is -2.61. The quantitative estimate of drug-likeness (QED) is 0.594. The maximum Gasteiger partial charge on any atom is 0.325 e. The van der Waals surface area contributed by atoms with Gasteiger partial charge in [0, 0.05) is 33.4 Å². The molecule has 9 heteroatoms. The molecule has 0 aliphatic carbocycles. The normalized spacial score (nSPS) is 19.1. The molecule has 0 aromatic heterocycles. The van der Waals surface area contributed by atoms with Crippen LogP contribution in [0.1, 0.15) is 44.4 Å². The number of halogens is 2. The van der Waals surface area contributed by atoms with Crippen LogP contribution in [-0.4, -0.2) is 41.6 Å². The molecule has 3 rings (SSSR count). The summed E-state index contributed by atoms with van der Waals surface area (Å²) < 4.78 is 6.25. The van der Waals surface area contributed by atoms with E-state index in [4.69, 9.17) is 33.0 Å². The summed E-state index contributed by atoms with van der Waals surface area (Å²) in [6.45, 7) is 5.72. The molecular weight excluding hydrogens is 467 g/mol. The summed E-state index contributed by atoms with van der Waals surface area (Å²) in [4.78, 5) is 38.9. The fourth-order valence-electron chi connectivity index (χ4n) is 3.72. The molecule has 2 aromatic rings. The Morgan fingerprint density at radius 3 is 2.45 bits per heavy atom. The van der Waals surface area contributed by atoms with Crippen LogP contribution >= 0.6 is 23.2 Å². The number of nitrogens with one attached hydrogen (secondary N) is 1. The molecule has 33 heavy (non-hydrogen) atoms. The van der Waals surface area contributed by atoms with Crippen LogP contribution in [0, 0.1) is 5.92 Å². The third kappa shape index (κ3) is 5.85. The Morgan fingerprint density at radius 1 is 1.12 bits per heavy atom. The van der Waals surface area contributed by atoms with Crippen molar-refractivity contribution in [1.29, 1.82) is 0 Å². The van der Waals surface area contributed by atoms with E-state index in [0.717, 1.165) is 0 Å². The van der Waals surface area contributed by atoms with Crippen molar-refractivity contribution in [3.63, 3.8) is 0 Å². The molecule has 0 spiro atoms. The number of hydrogen-bond donors (Lipinski definition) is 2. The second-order valence-corrected chi connectivity index (χ2v) is 9.25. The van der Waals surface area contributed by atoms with Gasteiger partial charge in [-0.2, -0.15) is 0 Å². The number of carboxylic acid groups (broad SMARTS) is 1. The van der Waals surface area contributed by atoms with E-state index in [1.165, 1.54) is 6.92 Å². The van der Waals surface area contributed by atoms with E-state index in [1.807, 2.05) is 19.9 Å². The maximum absolute atomic E-state index is 13.6. The van der Waals surface area contributed by atoms with Gasteiger partial charge in [-0.05, 0) is 37.1 Å². The smallest absolute Gasteiger partial charge is 0.325 e. The van der Waals surface area contributed by atoms with Crippen LogP contribution in [-0.2, 0) is 19.1 Å². The fraction of sp³-hybridized carbons (Fsp3) is 0.375. The van der Waals surface area contributed by atoms with E-state index in [9.17, 15) is 14.4 Å². The van der Waals surface area contributed by atoms with Crippen molar-refractivity contribution >= 4 is 46.7 Å². The number of carbonyl (C=O) groups excluding carboxylic acids is 2. The zero-order valence-corrected chi connectivity index (χ0v) is 20.1. The molecule has 1 aliphatic heterocycles. The number of amides is 2. The highest BCUT2D eigenvalue weighted by Crippen LogP contribution is 2.42. The molecule has 0 saturated heterocycles. The van der Waals surface area contributed by atoms with Gasteiger partial charge in [-0.15, -0.1) is 0 Å². The first kappa shape index (κ1) is 25.0. The lowest BCUT2D eigenvalue weighted by Crippen LogP contribution is -2.45. The molecule has 0 fully saturated rings. The third-order valence-corrected chi connectivity index (χ3v) is 5.84. The summed E-state index contributed by atoms with van der Waals surface area (Å²) in [6, 6.07) is 11.2. The van der Waals surface area contributed by atoms with E-state index >= 15 is 0 Å².